The summed E-state index contributed by atoms with van der Waals surface area (Å²) in [4.78, 5) is 0. The zero-order valence-corrected chi connectivity index (χ0v) is 10.7. The minimum Gasteiger partial charge on any atom is -0.508 e. The maximum atomic E-state index is 10.0. The van der Waals surface area contributed by atoms with Crippen LogP contribution < -0.4 is 0 Å². The number of rotatable bonds is 1. The van der Waals surface area contributed by atoms with Crippen LogP contribution in [0.2, 0.25) is 0 Å². The summed E-state index contributed by atoms with van der Waals surface area (Å²) in [6.07, 6.45) is 0. The molecule has 0 radical (unpaired) electrons. The third kappa shape index (κ3) is 1.78. The fourth-order valence-electron chi connectivity index (χ4n) is 2.25. The van der Waals surface area contributed by atoms with Gasteiger partial charge in [0.15, 0.2) is 11.5 Å². The molecule has 0 bridgehead atoms. The molecule has 0 atom stereocenters. The normalized spacial score (nSPS) is 10.6. The Morgan fingerprint density at radius 3 is 1.89 bits per heavy atom. The van der Waals surface area contributed by atoms with Crippen LogP contribution >= 0.6 is 0 Å². The Morgan fingerprint density at radius 1 is 0.778 bits per heavy atom. The zero-order valence-electron chi connectivity index (χ0n) is 10.7. The topological polar surface area (TPSA) is 60.7 Å². The molecule has 0 saturated carbocycles. The molecule has 18 heavy (non-hydrogen) atoms. The number of phenols is 3. The van der Waals surface area contributed by atoms with Crippen LogP contribution in [0.25, 0.3) is 11.1 Å². The zero-order chi connectivity index (χ0) is 13.4. The largest absolute Gasteiger partial charge is 0.508 e. The van der Waals surface area contributed by atoms with Gasteiger partial charge in [-0.3, -0.25) is 0 Å². The second kappa shape index (κ2) is 4.26. The quantitative estimate of drug-likeness (QED) is 0.532. The van der Waals surface area contributed by atoms with E-state index in [0.29, 0.717) is 11.1 Å². The Hall–Kier alpha value is -2.16. The molecule has 0 amide bonds. The summed E-state index contributed by atoms with van der Waals surface area (Å²) >= 11 is 0. The third-order valence-corrected chi connectivity index (χ3v) is 3.24. The van der Waals surface area contributed by atoms with E-state index in [4.69, 9.17) is 0 Å². The molecule has 0 aliphatic heterocycles. The van der Waals surface area contributed by atoms with E-state index in [9.17, 15) is 15.3 Å². The number of benzene rings is 2. The minimum atomic E-state index is -0.309. The summed E-state index contributed by atoms with van der Waals surface area (Å²) in [6, 6.07) is 6.95. The van der Waals surface area contributed by atoms with E-state index in [2.05, 4.69) is 0 Å². The fraction of sp³-hybridized carbons (Fsp3) is 0.200. The van der Waals surface area contributed by atoms with Crippen molar-refractivity contribution in [3.8, 4) is 28.4 Å². The second-order valence-corrected chi connectivity index (χ2v) is 4.53. The Bertz CT molecular complexity index is 569. The molecule has 3 nitrogen and oxygen atoms in total. The van der Waals surface area contributed by atoms with Gasteiger partial charge in [0.1, 0.15) is 5.75 Å². The lowest BCUT2D eigenvalue weighted by Crippen LogP contribution is -1.92. The highest BCUT2D eigenvalue weighted by Gasteiger charge is 2.18. The van der Waals surface area contributed by atoms with E-state index in [1.807, 2.05) is 32.0 Å². The first-order valence-corrected chi connectivity index (χ1v) is 5.74. The highest BCUT2D eigenvalue weighted by atomic mass is 16.3. The van der Waals surface area contributed by atoms with E-state index in [1.54, 1.807) is 6.92 Å². The summed E-state index contributed by atoms with van der Waals surface area (Å²) in [5, 5.41) is 29.5. The van der Waals surface area contributed by atoms with Gasteiger partial charge in [-0.15, -0.1) is 0 Å². The third-order valence-electron chi connectivity index (χ3n) is 3.24. The van der Waals surface area contributed by atoms with Crippen molar-refractivity contribution in [2.75, 3.05) is 0 Å². The first kappa shape index (κ1) is 12.3. The second-order valence-electron chi connectivity index (χ2n) is 4.53. The van der Waals surface area contributed by atoms with Gasteiger partial charge in [0, 0.05) is 17.2 Å². The van der Waals surface area contributed by atoms with Crippen LogP contribution in [0.3, 0.4) is 0 Å². The van der Waals surface area contributed by atoms with E-state index in [-0.39, 0.29) is 17.2 Å². The Kier molecular flexibility index (Phi) is 2.91. The van der Waals surface area contributed by atoms with Gasteiger partial charge in [-0.2, -0.15) is 0 Å². The predicted molar refractivity (Wildman–Crippen MR) is 71.1 cm³/mol. The van der Waals surface area contributed by atoms with Crippen molar-refractivity contribution in [3.63, 3.8) is 0 Å². The lowest BCUT2D eigenvalue weighted by molar-refractivity contribution is 0.397. The average Bonchev–Trinajstić information content (AvgIpc) is 2.30. The van der Waals surface area contributed by atoms with Crippen molar-refractivity contribution in [1.29, 1.82) is 0 Å². The lowest BCUT2D eigenvalue weighted by Gasteiger charge is -2.16. The van der Waals surface area contributed by atoms with Crippen molar-refractivity contribution < 1.29 is 15.3 Å². The van der Waals surface area contributed by atoms with Gasteiger partial charge >= 0.3 is 0 Å². The lowest BCUT2D eigenvalue weighted by atomic mass is 9.91. The fourth-order valence-corrected chi connectivity index (χ4v) is 2.25. The minimum absolute atomic E-state index is 0.0250. The van der Waals surface area contributed by atoms with Gasteiger partial charge in [0.05, 0.1) is 0 Å². The SMILES string of the molecule is Cc1cccc(C)c1-c1c(C)c(O)cc(O)c1O. The molecule has 3 N–H and O–H groups in total. The molecule has 2 rings (SSSR count). The van der Waals surface area contributed by atoms with Gasteiger partial charge in [0.25, 0.3) is 0 Å². The summed E-state index contributed by atoms with van der Waals surface area (Å²) in [6.45, 7) is 5.58. The molecule has 2 aromatic rings. The van der Waals surface area contributed by atoms with E-state index >= 15 is 0 Å². The highest BCUT2D eigenvalue weighted by molar-refractivity contribution is 5.82. The summed E-state index contributed by atoms with van der Waals surface area (Å²) in [7, 11) is 0. The number of aromatic hydroxyl groups is 3. The van der Waals surface area contributed by atoms with Crippen LogP contribution in [-0.2, 0) is 0 Å². The molecule has 94 valence electrons. The van der Waals surface area contributed by atoms with Crippen molar-refractivity contribution in [2.24, 2.45) is 0 Å². The summed E-state index contributed by atoms with van der Waals surface area (Å²) in [5.74, 6) is -0.526. The standard InChI is InChI=1S/C15H16O3/c1-8-5-4-6-9(2)13(8)14-10(3)11(16)7-12(17)15(14)18/h4-7,16-18H,1-3H3. The van der Waals surface area contributed by atoms with Crippen LogP contribution in [0.5, 0.6) is 17.2 Å². The monoisotopic (exact) mass is 244 g/mol. The number of hydrogen-bond donors (Lipinski definition) is 3. The van der Waals surface area contributed by atoms with Crippen molar-refractivity contribution >= 4 is 0 Å². The van der Waals surface area contributed by atoms with Gasteiger partial charge in [-0.1, -0.05) is 18.2 Å². The van der Waals surface area contributed by atoms with Gasteiger partial charge in [-0.05, 0) is 37.5 Å². The molecule has 0 aliphatic rings. The number of phenolic OH excluding ortho intramolecular Hbond substituents is 3. The van der Waals surface area contributed by atoms with Crippen molar-refractivity contribution in [1.82, 2.24) is 0 Å². The maximum absolute atomic E-state index is 10.0. The molecule has 0 fully saturated rings. The molecule has 0 aromatic heterocycles. The molecule has 2 aromatic carbocycles. The van der Waals surface area contributed by atoms with Crippen LogP contribution in [0.1, 0.15) is 16.7 Å². The predicted octanol–water partition coefficient (Wildman–Crippen LogP) is 3.40. The molecule has 0 unspecified atom stereocenters. The van der Waals surface area contributed by atoms with Crippen LogP contribution in [-0.4, -0.2) is 15.3 Å². The molecular formula is C15H16O3. The van der Waals surface area contributed by atoms with Crippen molar-refractivity contribution in [2.45, 2.75) is 20.8 Å². The first-order valence-electron chi connectivity index (χ1n) is 5.74. The summed E-state index contributed by atoms with van der Waals surface area (Å²) in [5.41, 5.74) is 3.86. The van der Waals surface area contributed by atoms with E-state index < -0.39 is 0 Å². The average molecular weight is 244 g/mol. The smallest absolute Gasteiger partial charge is 0.165 e. The van der Waals surface area contributed by atoms with Crippen LogP contribution in [0, 0.1) is 20.8 Å². The van der Waals surface area contributed by atoms with E-state index in [0.717, 1.165) is 22.8 Å². The molecule has 0 aliphatic carbocycles. The van der Waals surface area contributed by atoms with Gasteiger partial charge < -0.3 is 15.3 Å². The number of hydrogen-bond acceptors (Lipinski definition) is 3. The Morgan fingerprint density at radius 2 is 1.33 bits per heavy atom. The van der Waals surface area contributed by atoms with Crippen LogP contribution in [0.4, 0.5) is 0 Å². The first-order chi connectivity index (χ1) is 8.43. The maximum Gasteiger partial charge on any atom is 0.165 e. The van der Waals surface area contributed by atoms with Crippen molar-refractivity contribution in [3.05, 3.63) is 41.0 Å². The highest BCUT2D eigenvalue weighted by Crippen LogP contribution is 2.45. The van der Waals surface area contributed by atoms with Crippen LogP contribution in [0.15, 0.2) is 24.3 Å². The van der Waals surface area contributed by atoms with E-state index in [1.165, 1.54) is 0 Å². The van der Waals surface area contributed by atoms with Gasteiger partial charge in [0.2, 0.25) is 0 Å². The molecule has 0 spiro atoms. The summed E-state index contributed by atoms with van der Waals surface area (Å²) < 4.78 is 0. The Labute approximate surface area is 106 Å². The number of aryl methyl sites for hydroxylation is 2. The Balaban J connectivity index is 2.87. The van der Waals surface area contributed by atoms with Gasteiger partial charge in [-0.25, -0.2) is 0 Å². The molecule has 3 heteroatoms. The molecular weight excluding hydrogens is 228 g/mol. The molecule has 0 saturated heterocycles. The molecule has 0 heterocycles.